The number of rotatable bonds is 3. The van der Waals surface area contributed by atoms with Crippen LogP contribution in [-0.4, -0.2) is 23.5 Å². The third-order valence-electron chi connectivity index (χ3n) is 3.33. The van der Waals surface area contributed by atoms with Gasteiger partial charge in [0, 0.05) is 5.38 Å². The molecule has 21 heavy (non-hydrogen) atoms. The van der Waals surface area contributed by atoms with Gasteiger partial charge < -0.3 is 10.6 Å². The second kappa shape index (κ2) is 5.87. The number of hydrogen-bond donors (Lipinski definition) is 2. The van der Waals surface area contributed by atoms with Crippen LogP contribution in [0.15, 0.2) is 23.6 Å². The Hall–Kier alpha value is -1.86. The summed E-state index contributed by atoms with van der Waals surface area (Å²) >= 11 is 1.14. The van der Waals surface area contributed by atoms with E-state index >= 15 is 0 Å². The summed E-state index contributed by atoms with van der Waals surface area (Å²) in [5.41, 5.74) is 0.0125. The highest BCUT2D eigenvalue weighted by molar-refractivity contribution is 7.14. The van der Waals surface area contributed by atoms with E-state index in [9.17, 15) is 13.6 Å². The average Bonchev–Trinajstić information content (AvgIpc) is 3.10. The highest BCUT2D eigenvalue weighted by Gasteiger charge is 2.23. The molecule has 0 bridgehead atoms. The molecule has 0 unspecified atom stereocenters. The van der Waals surface area contributed by atoms with E-state index in [1.807, 2.05) is 0 Å². The van der Waals surface area contributed by atoms with Gasteiger partial charge in [0.05, 0.1) is 17.3 Å². The normalized spacial score (nSPS) is 17.9. The molecule has 1 aliphatic heterocycles. The van der Waals surface area contributed by atoms with Crippen molar-refractivity contribution in [3.05, 3.63) is 35.2 Å². The topological polar surface area (TPSA) is 54.0 Å². The first kappa shape index (κ1) is 14.1. The molecule has 3 rings (SSSR count). The molecule has 7 heteroatoms. The molecule has 1 aromatic heterocycles. The van der Waals surface area contributed by atoms with Crippen molar-refractivity contribution in [1.29, 1.82) is 0 Å². The third kappa shape index (κ3) is 2.93. The lowest BCUT2D eigenvalue weighted by molar-refractivity contribution is -0.117. The summed E-state index contributed by atoms with van der Waals surface area (Å²) in [6.45, 7) is 0.821. The van der Waals surface area contributed by atoms with E-state index in [2.05, 4.69) is 15.6 Å². The van der Waals surface area contributed by atoms with Crippen LogP contribution in [-0.2, 0) is 4.79 Å². The van der Waals surface area contributed by atoms with Crippen LogP contribution in [0.1, 0.15) is 12.8 Å². The molecule has 1 aliphatic rings. The highest BCUT2D eigenvalue weighted by atomic mass is 32.1. The van der Waals surface area contributed by atoms with E-state index in [1.54, 1.807) is 0 Å². The molecule has 0 aliphatic carbocycles. The van der Waals surface area contributed by atoms with Crippen LogP contribution in [0, 0.1) is 11.6 Å². The minimum Gasteiger partial charge on any atom is -0.306 e. The molecule has 1 saturated heterocycles. The zero-order valence-corrected chi connectivity index (χ0v) is 11.8. The molecular weight excluding hydrogens is 296 g/mol. The number of hydrogen-bond acceptors (Lipinski definition) is 4. The van der Waals surface area contributed by atoms with Crippen molar-refractivity contribution in [3.8, 4) is 11.3 Å². The van der Waals surface area contributed by atoms with Crippen molar-refractivity contribution in [2.45, 2.75) is 18.9 Å². The van der Waals surface area contributed by atoms with Crippen LogP contribution in [0.4, 0.5) is 13.9 Å². The SMILES string of the molecule is O=C(Nc1nc(-c2c(F)cccc2F)cs1)[C@@H]1CCCN1. The number of amides is 1. The maximum absolute atomic E-state index is 13.7. The van der Waals surface area contributed by atoms with Crippen LogP contribution in [0.5, 0.6) is 0 Å². The first-order chi connectivity index (χ1) is 10.1. The van der Waals surface area contributed by atoms with Crippen LogP contribution >= 0.6 is 11.3 Å². The Morgan fingerprint density at radius 2 is 2.14 bits per heavy atom. The lowest BCUT2D eigenvalue weighted by atomic mass is 10.1. The fourth-order valence-corrected chi connectivity index (χ4v) is 2.99. The summed E-state index contributed by atoms with van der Waals surface area (Å²) < 4.78 is 27.4. The number of aromatic nitrogens is 1. The van der Waals surface area contributed by atoms with Crippen LogP contribution in [0.25, 0.3) is 11.3 Å². The first-order valence-electron chi connectivity index (χ1n) is 6.59. The van der Waals surface area contributed by atoms with Gasteiger partial charge in [0.1, 0.15) is 11.6 Å². The van der Waals surface area contributed by atoms with E-state index in [1.165, 1.54) is 23.6 Å². The molecule has 4 nitrogen and oxygen atoms in total. The Morgan fingerprint density at radius 1 is 1.38 bits per heavy atom. The Bertz CT molecular complexity index is 648. The third-order valence-corrected chi connectivity index (χ3v) is 4.09. The summed E-state index contributed by atoms with van der Waals surface area (Å²) in [6, 6.07) is 3.44. The van der Waals surface area contributed by atoms with Gasteiger partial charge in [-0.3, -0.25) is 4.79 Å². The van der Waals surface area contributed by atoms with Crippen molar-refractivity contribution in [1.82, 2.24) is 10.3 Å². The number of thiazole rings is 1. The summed E-state index contributed by atoms with van der Waals surface area (Å²) in [4.78, 5) is 16.0. The van der Waals surface area contributed by atoms with Gasteiger partial charge in [0.15, 0.2) is 5.13 Å². The van der Waals surface area contributed by atoms with Crippen LogP contribution in [0.3, 0.4) is 0 Å². The maximum atomic E-state index is 13.7. The van der Waals surface area contributed by atoms with E-state index < -0.39 is 11.6 Å². The van der Waals surface area contributed by atoms with Gasteiger partial charge in [0.2, 0.25) is 5.91 Å². The summed E-state index contributed by atoms with van der Waals surface area (Å²) in [6.07, 6.45) is 1.74. The van der Waals surface area contributed by atoms with Gasteiger partial charge >= 0.3 is 0 Å². The molecule has 1 atom stereocenters. The van der Waals surface area contributed by atoms with E-state index in [0.717, 1.165) is 30.7 Å². The Balaban J connectivity index is 1.78. The number of carbonyl (C=O) groups excluding carboxylic acids is 1. The van der Waals surface area contributed by atoms with Gasteiger partial charge in [-0.25, -0.2) is 13.8 Å². The molecule has 1 amide bonds. The molecule has 2 N–H and O–H groups in total. The second-order valence-corrected chi connectivity index (χ2v) is 5.63. The number of halogens is 2. The lowest BCUT2D eigenvalue weighted by Gasteiger charge is -2.08. The van der Waals surface area contributed by atoms with Gasteiger partial charge in [-0.05, 0) is 31.5 Å². The molecule has 0 radical (unpaired) electrons. The highest BCUT2D eigenvalue weighted by Crippen LogP contribution is 2.29. The van der Waals surface area contributed by atoms with Crippen molar-refractivity contribution < 1.29 is 13.6 Å². The minimum absolute atomic E-state index is 0.164. The monoisotopic (exact) mass is 309 g/mol. The fourth-order valence-electron chi connectivity index (χ4n) is 2.29. The Kier molecular flexibility index (Phi) is 3.94. The molecule has 0 spiro atoms. The standard InChI is InChI=1S/C14H13F2N3OS/c15-8-3-1-4-9(16)12(8)11-7-21-14(18-11)19-13(20)10-5-2-6-17-10/h1,3-4,7,10,17H,2,5-6H2,(H,18,19,20)/t10-/m0/s1. The Labute approximate surface area is 124 Å². The predicted molar refractivity (Wildman–Crippen MR) is 77.1 cm³/mol. The average molecular weight is 309 g/mol. The van der Waals surface area contributed by atoms with Gasteiger partial charge in [-0.2, -0.15) is 0 Å². The summed E-state index contributed by atoms with van der Waals surface area (Å²) in [5.74, 6) is -1.51. The molecule has 1 fully saturated rings. The lowest BCUT2D eigenvalue weighted by Crippen LogP contribution is -2.35. The van der Waals surface area contributed by atoms with Crippen molar-refractivity contribution in [2.75, 3.05) is 11.9 Å². The minimum atomic E-state index is -0.671. The first-order valence-corrected chi connectivity index (χ1v) is 7.47. The van der Waals surface area contributed by atoms with Crippen molar-refractivity contribution >= 4 is 22.4 Å². The quantitative estimate of drug-likeness (QED) is 0.916. The molecule has 2 aromatic rings. The zero-order chi connectivity index (χ0) is 14.8. The molecule has 2 heterocycles. The van der Waals surface area contributed by atoms with Crippen LogP contribution < -0.4 is 10.6 Å². The zero-order valence-electron chi connectivity index (χ0n) is 11.0. The van der Waals surface area contributed by atoms with Gasteiger partial charge in [-0.1, -0.05) is 6.07 Å². The summed E-state index contributed by atoms with van der Waals surface area (Å²) in [5, 5.41) is 7.62. The van der Waals surface area contributed by atoms with Crippen LogP contribution in [0.2, 0.25) is 0 Å². The van der Waals surface area contributed by atoms with Crippen molar-refractivity contribution in [3.63, 3.8) is 0 Å². The smallest absolute Gasteiger partial charge is 0.243 e. The molecule has 110 valence electrons. The molecule has 1 aromatic carbocycles. The maximum Gasteiger partial charge on any atom is 0.243 e. The van der Waals surface area contributed by atoms with Gasteiger partial charge in [0.25, 0.3) is 0 Å². The van der Waals surface area contributed by atoms with Crippen molar-refractivity contribution in [2.24, 2.45) is 0 Å². The second-order valence-electron chi connectivity index (χ2n) is 4.77. The van der Waals surface area contributed by atoms with E-state index in [4.69, 9.17) is 0 Å². The predicted octanol–water partition coefficient (Wildman–Crippen LogP) is 2.78. The Morgan fingerprint density at radius 3 is 2.81 bits per heavy atom. The number of carbonyl (C=O) groups is 1. The van der Waals surface area contributed by atoms with Gasteiger partial charge in [-0.15, -0.1) is 11.3 Å². The summed E-state index contributed by atoms with van der Waals surface area (Å²) in [7, 11) is 0. The molecular formula is C14H13F2N3OS. The molecule has 0 saturated carbocycles. The van der Waals surface area contributed by atoms with E-state index in [-0.39, 0.29) is 23.2 Å². The number of nitrogens with zero attached hydrogens (tertiary/aromatic N) is 1. The number of nitrogens with one attached hydrogen (secondary N) is 2. The van der Waals surface area contributed by atoms with E-state index in [0.29, 0.717) is 5.13 Å². The number of anilines is 1. The fraction of sp³-hybridized carbons (Fsp3) is 0.286. The largest absolute Gasteiger partial charge is 0.306 e. The number of benzene rings is 1.